The number of likely N-dealkylation sites (tertiary alicyclic amines) is 1. The van der Waals surface area contributed by atoms with Crippen molar-refractivity contribution in [2.45, 2.75) is 25.8 Å². The summed E-state index contributed by atoms with van der Waals surface area (Å²) < 4.78 is 1.72. The summed E-state index contributed by atoms with van der Waals surface area (Å²) in [6.45, 7) is 3.66. The van der Waals surface area contributed by atoms with Gasteiger partial charge in [-0.05, 0) is 30.4 Å². The van der Waals surface area contributed by atoms with Gasteiger partial charge >= 0.3 is 0 Å². The first-order chi connectivity index (χ1) is 12.1. The van der Waals surface area contributed by atoms with E-state index >= 15 is 0 Å². The second-order valence-electron chi connectivity index (χ2n) is 6.51. The molecule has 1 fully saturated rings. The van der Waals surface area contributed by atoms with Crippen LogP contribution in [0.3, 0.4) is 0 Å². The van der Waals surface area contributed by atoms with Gasteiger partial charge in [0.1, 0.15) is 0 Å². The average molecular weight is 340 g/mol. The molecule has 0 spiro atoms. The monoisotopic (exact) mass is 340 g/mol. The fourth-order valence-electron chi connectivity index (χ4n) is 3.30. The van der Waals surface area contributed by atoms with Crippen LogP contribution in [0.25, 0.3) is 0 Å². The summed E-state index contributed by atoms with van der Waals surface area (Å²) in [7, 11) is 0. The molecule has 0 radical (unpaired) electrons. The quantitative estimate of drug-likeness (QED) is 0.903. The third kappa shape index (κ3) is 4.26. The van der Waals surface area contributed by atoms with E-state index in [-0.39, 0.29) is 11.8 Å². The third-order valence-electron chi connectivity index (χ3n) is 4.70. The van der Waals surface area contributed by atoms with Gasteiger partial charge in [-0.1, -0.05) is 30.3 Å². The van der Waals surface area contributed by atoms with Gasteiger partial charge in [-0.15, -0.1) is 0 Å². The van der Waals surface area contributed by atoms with Crippen molar-refractivity contribution < 1.29 is 9.59 Å². The van der Waals surface area contributed by atoms with E-state index in [1.54, 1.807) is 10.9 Å². The molecule has 0 bridgehead atoms. The lowest BCUT2D eigenvalue weighted by molar-refractivity contribution is -0.135. The molecule has 0 saturated carbocycles. The summed E-state index contributed by atoms with van der Waals surface area (Å²) in [6, 6.07) is 11.2. The van der Waals surface area contributed by atoms with Crippen LogP contribution >= 0.6 is 0 Å². The Kier molecular flexibility index (Phi) is 5.48. The minimum absolute atomic E-state index is 0.00123. The number of rotatable bonds is 5. The standard InChI is InChI=1S/C19H24N4O2/c1-15(24)20-14-16-8-12-22(13-9-16)19(25)18(23-11-5-10-21-23)17-6-3-2-4-7-17/h2-7,10-11,16,18H,8-9,12-14H2,1H3,(H,20,24)/t18-/m0/s1. The molecule has 6 heteroatoms. The van der Waals surface area contributed by atoms with E-state index in [9.17, 15) is 9.59 Å². The molecule has 132 valence electrons. The number of hydrogen-bond acceptors (Lipinski definition) is 3. The molecule has 2 heterocycles. The lowest BCUT2D eigenvalue weighted by Gasteiger charge is -2.34. The molecule has 1 aliphatic rings. The Hall–Kier alpha value is -2.63. The topological polar surface area (TPSA) is 67.2 Å². The van der Waals surface area contributed by atoms with E-state index in [0.717, 1.165) is 18.4 Å². The zero-order chi connectivity index (χ0) is 17.6. The highest BCUT2D eigenvalue weighted by atomic mass is 16.2. The molecule has 1 aromatic heterocycles. The summed E-state index contributed by atoms with van der Waals surface area (Å²) in [6.07, 6.45) is 5.35. The van der Waals surface area contributed by atoms with Crippen LogP contribution < -0.4 is 5.32 Å². The van der Waals surface area contributed by atoms with Crippen molar-refractivity contribution in [3.05, 3.63) is 54.4 Å². The van der Waals surface area contributed by atoms with Crippen LogP contribution in [-0.2, 0) is 9.59 Å². The summed E-state index contributed by atoms with van der Waals surface area (Å²) in [4.78, 5) is 26.1. The van der Waals surface area contributed by atoms with E-state index in [1.807, 2.05) is 47.5 Å². The van der Waals surface area contributed by atoms with Gasteiger partial charge in [-0.2, -0.15) is 5.10 Å². The van der Waals surface area contributed by atoms with Gasteiger partial charge in [0, 0.05) is 39.0 Å². The highest BCUT2D eigenvalue weighted by molar-refractivity contribution is 5.83. The molecule has 1 saturated heterocycles. The molecule has 25 heavy (non-hydrogen) atoms. The first-order valence-corrected chi connectivity index (χ1v) is 8.72. The molecule has 2 aromatic rings. The molecule has 1 aromatic carbocycles. The lowest BCUT2D eigenvalue weighted by atomic mass is 9.95. The van der Waals surface area contributed by atoms with Gasteiger partial charge in [0.2, 0.25) is 5.91 Å². The molecule has 1 atom stereocenters. The molecule has 1 N–H and O–H groups in total. The maximum atomic E-state index is 13.2. The van der Waals surface area contributed by atoms with Gasteiger partial charge in [0.05, 0.1) is 0 Å². The molecule has 2 amide bonds. The van der Waals surface area contributed by atoms with E-state index in [2.05, 4.69) is 10.4 Å². The Morgan fingerprint density at radius 2 is 1.92 bits per heavy atom. The summed E-state index contributed by atoms with van der Waals surface area (Å²) in [5.74, 6) is 0.516. The summed E-state index contributed by atoms with van der Waals surface area (Å²) in [5, 5.41) is 7.17. The number of aromatic nitrogens is 2. The summed E-state index contributed by atoms with van der Waals surface area (Å²) in [5.41, 5.74) is 0.941. The first-order valence-electron chi connectivity index (χ1n) is 8.72. The second kappa shape index (κ2) is 7.96. The molecule has 0 unspecified atom stereocenters. The molecule has 1 aliphatic heterocycles. The zero-order valence-corrected chi connectivity index (χ0v) is 14.5. The fraction of sp³-hybridized carbons (Fsp3) is 0.421. The fourth-order valence-corrected chi connectivity index (χ4v) is 3.30. The normalized spacial score (nSPS) is 16.4. The number of amides is 2. The predicted molar refractivity (Wildman–Crippen MR) is 94.8 cm³/mol. The maximum absolute atomic E-state index is 13.2. The minimum Gasteiger partial charge on any atom is -0.356 e. The third-order valence-corrected chi connectivity index (χ3v) is 4.70. The Balaban J connectivity index is 1.69. The van der Waals surface area contributed by atoms with Crippen LogP contribution in [0.5, 0.6) is 0 Å². The first kappa shape index (κ1) is 17.2. The van der Waals surface area contributed by atoms with Crippen LogP contribution in [0.2, 0.25) is 0 Å². The Labute approximate surface area is 147 Å². The number of benzene rings is 1. The SMILES string of the molecule is CC(=O)NCC1CCN(C(=O)[C@H](c2ccccc2)n2cccn2)CC1. The van der Waals surface area contributed by atoms with Crippen molar-refractivity contribution in [3.8, 4) is 0 Å². The highest BCUT2D eigenvalue weighted by Crippen LogP contribution is 2.24. The van der Waals surface area contributed by atoms with Crippen molar-refractivity contribution in [2.24, 2.45) is 5.92 Å². The van der Waals surface area contributed by atoms with Crippen molar-refractivity contribution in [2.75, 3.05) is 19.6 Å². The van der Waals surface area contributed by atoms with Crippen LogP contribution in [0.15, 0.2) is 48.8 Å². The smallest absolute Gasteiger partial charge is 0.252 e. The van der Waals surface area contributed by atoms with Crippen LogP contribution in [-0.4, -0.2) is 46.1 Å². The number of piperidine rings is 1. The molecule has 0 aliphatic carbocycles. The molecule has 3 rings (SSSR count). The van der Waals surface area contributed by atoms with Crippen LogP contribution in [0.1, 0.15) is 31.4 Å². The lowest BCUT2D eigenvalue weighted by Crippen LogP contribution is -2.44. The van der Waals surface area contributed by atoms with E-state index in [1.165, 1.54) is 6.92 Å². The van der Waals surface area contributed by atoms with E-state index < -0.39 is 6.04 Å². The highest BCUT2D eigenvalue weighted by Gasteiger charge is 2.30. The van der Waals surface area contributed by atoms with Crippen molar-refractivity contribution in [3.63, 3.8) is 0 Å². The number of nitrogens with zero attached hydrogens (tertiary/aromatic N) is 3. The number of carbonyl (C=O) groups is 2. The Morgan fingerprint density at radius 3 is 2.52 bits per heavy atom. The van der Waals surface area contributed by atoms with Crippen molar-refractivity contribution >= 4 is 11.8 Å². The van der Waals surface area contributed by atoms with E-state index in [0.29, 0.717) is 25.6 Å². The number of hydrogen-bond donors (Lipinski definition) is 1. The minimum atomic E-state index is -0.428. The molecule has 6 nitrogen and oxygen atoms in total. The van der Waals surface area contributed by atoms with Crippen molar-refractivity contribution in [1.82, 2.24) is 20.0 Å². The second-order valence-corrected chi connectivity index (χ2v) is 6.51. The largest absolute Gasteiger partial charge is 0.356 e. The molecular formula is C19H24N4O2. The van der Waals surface area contributed by atoms with Crippen molar-refractivity contribution in [1.29, 1.82) is 0 Å². The predicted octanol–water partition coefficient (Wildman–Crippen LogP) is 1.85. The maximum Gasteiger partial charge on any atom is 0.252 e. The number of nitrogens with one attached hydrogen (secondary N) is 1. The van der Waals surface area contributed by atoms with Gasteiger partial charge in [0.25, 0.3) is 5.91 Å². The van der Waals surface area contributed by atoms with Gasteiger partial charge in [0.15, 0.2) is 6.04 Å². The van der Waals surface area contributed by atoms with Crippen LogP contribution in [0.4, 0.5) is 0 Å². The van der Waals surface area contributed by atoms with Gasteiger partial charge < -0.3 is 10.2 Å². The number of carbonyl (C=O) groups excluding carboxylic acids is 2. The van der Waals surface area contributed by atoms with Gasteiger partial charge in [-0.3, -0.25) is 14.3 Å². The molecular weight excluding hydrogens is 316 g/mol. The zero-order valence-electron chi connectivity index (χ0n) is 14.5. The van der Waals surface area contributed by atoms with Gasteiger partial charge in [-0.25, -0.2) is 0 Å². The van der Waals surface area contributed by atoms with Crippen LogP contribution in [0, 0.1) is 5.92 Å². The summed E-state index contributed by atoms with van der Waals surface area (Å²) >= 11 is 0. The Morgan fingerprint density at radius 1 is 1.20 bits per heavy atom. The average Bonchev–Trinajstić information content (AvgIpc) is 3.15. The Bertz CT molecular complexity index is 691. The van der Waals surface area contributed by atoms with E-state index in [4.69, 9.17) is 0 Å².